The maximum Gasteiger partial charge on any atom is 0.148 e. The van der Waals surface area contributed by atoms with Crippen LogP contribution in [0.4, 0.5) is 0 Å². The fourth-order valence-corrected chi connectivity index (χ4v) is 2.14. The molecule has 0 unspecified atom stereocenters. The lowest BCUT2D eigenvalue weighted by Gasteiger charge is -2.23. The maximum atomic E-state index is 5.37. The van der Waals surface area contributed by atoms with E-state index in [9.17, 15) is 0 Å². The molecule has 0 amide bonds. The molecule has 0 radical (unpaired) electrons. The van der Waals surface area contributed by atoms with Crippen molar-refractivity contribution in [2.24, 2.45) is 5.16 Å². The Bertz CT molecular complexity index is 203. The first kappa shape index (κ1) is 8.05. The Labute approximate surface area is 73.4 Å². The topological polar surface area (TPSA) is 24.8 Å². The lowest BCUT2D eigenvalue weighted by atomic mass is 10.0. The third kappa shape index (κ3) is 1.33. The number of rotatable bonds is 1. The van der Waals surface area contributed by atoms with Crippen LogP contribution >= 0.6 is 0 Å². The molecule has 0 bridgehead atoms. The molecule has 0 N–H and O–H groups in total. The highest BCUT2D eigenvalue weighted by Gasteiger charge is 2.33. The highest BCUT2D eigenvalue weighted by Crippen LogP contribution is 2.25. The van der Waals surface area contributed by atoms with Crippen molar-refractivity contribution in [1.29, 1.82) is 0 Å². The summed E-state index contributed by atoms with van der Waals surface area (Å²) in [6.45, 7) is 3.25. The summed E-state index contributed by atoms with van der Waals surface area (Å²) in [6.07, 6.45) is 3.93. The van der Waals surface area contributed by atoms with Gasteiger partial charge >= 0.3 is 0 Å². The van der Waals surface area contributed by atoms with E-state index >= 15 is 0 Å². The summed E-state index contributed by atoms with van der Waals surface area (Å²) in [7, 11) is 2.18. The largest absolute Gasteiger partial charge is 0.390 e. The molecule has 0 aliphatic carbocycles. The molecule has 1 fully saturated rings. The van der Waals surface area contributed by atoms with Crippen LogP contribution in [0.3, 0.4) is 0 Å². The number of hydrogen-bond donors (Lipinski definition) is 0. The second-order valence-corrected chi connectivity index (χ2v) is 3.86. The minimum absolute atomic E-state index is 0.331. The van der Waals surface area contributed by atoms with E-state index in [4.69, 9.17) is 4.84 Å². The van der Waals surface area contributed by atoms with E-state index in [2.05, 4.69) is 17.1 Å². The number of hydrogen-bond acceptors (Lipinski definition) is 3. The van der Waals surface area contributed by atoms with Crippen molar-refractivity contribution in [3.8, 4) is 0 Å². The maximum absolute atomic E-state index is 5.37. The Kier molecular flexibility index (Phi) is 2.05. The van der Waals surface area contributed by atoms with Gasteiger partial charge in [0.2, 0.25) is 0 Å². The van der Waals surface area contributed by atoms with Gasteiger partial charge in [-0.2, -0.15) is 0 Å². The molecule has 3 heteroatoms. The minimum atomic E-state index is 0.331. The quantitative estimate of drug-likeness (QED) is 0.588. The second kappa shape index (κ2) is 3.05. The Hall–Kier alpha value is -0.570. The molecule has 68 valence electrons. The van der Waals surface area contributed by atoms with Gasteiger partial charge in [0, 0.05) is 12.5 Å². The molecule has 12 heavy (non-hydrogen) atoms. The van der Waals surface area contributed by atoms with Gasteiger partial charge in [-0.3, -0.25) is 4.90 Å². The summed E-state index contributed by atoms with van der Waals surface area (Å²) >= 11 is 0. The van der Waals surface area contributed by atoms with Crippen molar-refractivity contribution in [3.05, 3.63) is 0 Å². The van der Waals surface area contributed by atoms with Crippen LogP contribution in [0.1, 0.15) is 26.2 Å². The summed E-state index contributed by atoms with van der Waals surface area (Å²) in [5.41, 5.74) is 1.14. The van der Waals surface area contributed by atoms with E-state index in [1.54, 1.807) is 0 Å². The van der Waals surface area contributed by atoms with Crippen LogP contribution in [0, 0.1) is 0 Å². The minimum Gasteiger partial charge on any atom is -0.390 e. The predicted octanol–water partition coefficient (Wildman–Crippen LogP) is 1.25. The van der Waals surface area contributed by atoms with Crippen molar-refractivity contribution < 1.29 is 4.84 Å². The lowest BCUT2D eigenvalue weighted by molar-refractivity contribution is 0.0299. The molecule has 2 heterocycles. The monoisotopic (exact) mass is 168 g/mol. The van der Waals surface area contributed by atoms with E-state index in [0.29, 0.717) is 12.1 Å². The van der Waals surface area contributed by atoms with Crippen molar-refractivity contribution in [1.82, 2.24) is 4.90 Å². The van der Waals surface area contributed by atoms with Crippen LogP contribution < -0.4 is 0 Å². The Morgan fingerprint density at radius 1 is 1.58 bits per heavy atom. The van der Waals surface area contributed by atoms with Crippen LogP contribution in [0.15, 0.2) is 5.16 Å². The summed E-state index contributed by atoms with van der Waals surface area (Å²) < 4.78 is 0. The molecule has 0 aromatic carbocycles. The van der Waals surface area contributed by atoms with Crippen LogP contribution in [0.25, 0.3) is 0 Å². The summed E-state index contributed by atoms with van der Waals surface area (Å²) in [5.74, 6) is 0. The van der Waals surface area contributed by atoms with E-state index in [0.717, 1.165) is 12.1 Å². The van der Waals surface area contributed by atoms with Gasteiger partial charge in [-0.05, 0) is 33.4 Å². The lowest BCUT2D eigenvalue weighted by Crippen LogP contribution is -2.36. The van der Waals surface area contributed by atoms with Gasteiger partial charge in [-0.15, -0.1) is 0 Å². The fraction of sp³-hybridized carbons (Fsp3) is 0.889. The SMILES string of the molecule is CC1=NO[C@@H]([C@@H]2CCCN2C)C1. The van der Waals surface area contributed by atoms with E-state index in [1.807, 2.05) is 6.92 Å². The summed E-state index contributed by atoms with van der Waals surface area (Å²) in [5, 5.41) is 3.99. The van der Waals surface area contributed by atoms with Crippen molar-refractivity contribution in [2.75, 3.05) is 13.6 Å². The number of likely N-dealkylation sites (tertiary alicyclic amines) is 1. The molecule has 2 rings (SSSR count). The Morgan fingerprint density at radius 2 is 2.42 bits per heavy atom. The van der Waals surface area contributed by atoms with Crippen LogP contribution in [-0.2, 0) is 4.84 Å². The number of oxime groups is 1. The van der Waals surface area contributed by atoms with Gasteiger partial charge in [0.15, 0.2) is 0 Å². The molecule has 0 spiro atoms. The molecule has 1 saturated heterocycles. The molecule has 2 atom stereocenters. The first-order chi connectivity index (χ1) is 5.77. The van der Waals surface area contributed by atoms with Crippen molar-refractivity contribution >= 4 is 5.71 Å². The molecule has 0 saturated carbocycles. The zero-order chi connectivity index (χ0) is 8.55. The molecule has 2 aliphatic rings. The van der Waals surface area contributed by atoms with E-state index in [1.165, 1.54) is 19.4 Å². The average Bonchev–Trinajstić information content (AvgIpc) is 2.58. The molecular formula is C9H16N2O. The van der Waals surface area contributed by atoms with Gasteiger partial charge in [0.25, 0.3) is 0 Å². The number of nitrogens with zero attached hydrogens (tertiary/aromatic N) is 2. The summed E-state index contributed by atoms with van der Waals surface area (Å²) in [4.78, 5) is 7.75. The Balaban J connectivity index is 1.93. The average molecular weight is 168 g/mol. The third-order valence-corrected chi connectivity index (χ3v) is 2.85. The fourth-order valence-electron chi connectivity index (χ4n) is 2.14. The number of likely N-dealkylation sites (N-methyl/N-ethyl adjacent to an activating group) is 1. The molecule has 3 nitrogen and oxygen atoms in total. The van der Waals surface area contributed by atoms with Crippen molar-refractivity contribution in [2.45, 2.75) is 38.3 Å². The van der Waals surface area contributed by atoms with Crippen LogP contribution in [-0.4, -0.2) is 36.3 Å². The standard InChI is InChI=1S/C9H16N2O/c1-7-6-9(12-10-7)8-4-3-5-11(8)2/h8-9H,3-6H2,1-2H3/t8-,9+/m0/s1. The summed E-state index contributed by atoms with van der Waals surface area (Å²) in [6, 6.07) is 0.603. The molecular weight excluding hydrogens is 152 g/mol. The zero-order valence-electron chi connectivity index (χ0n) is 7.79. The van der Waals surface area contributed by atoms with Crippen LogP contribution in [0.2, 0.25) is 0 Å². The molecule has 2 aliphatic heterocycles. The highest BCUT2D eigenvalue weighted by molar-refractivity contribution is 5.82. The van der Waals surface area contributed by atoms with Gasteiger partial charge in [0.1, 0.15) is 6.10 Å². The normalized spacial score (nSPS) is 36.7. The Morgan fingerprint density at radius 3 is 2.92 bits per heavy atom. The molecule has 0 aromatic rings. The first-order valence-electron chi connectivity index (χ1n) is 4.67. The zero-order valence-corrected chi connectivity index (χ0v) is 7.79. The van der Waals surface area contributed by atoms with Gasteiger partial charge in [0.05, 0.1) is 5.71 Å². The van der Waals surface area contributed by atoms with Crippen molar-refractivity contribution in [3.63, 3.8) is 0 Å². The molecule has 0 aromatic heterocycles. The van der Waals surface area contributed by atoms with Gasteiger partial charge < -0.3 is 4.84 Å². The van der Waals surface area contributed by atoms with E-state index in [-0.39, 0.29) is 0 Å². The van der Waals surface area contributed by atoms with E-state index < -0.39 is 0 Å². The highest BCUT2D eigenvalue weighted by atomic mass is 16.6. The smallest absolute Gasteiger partial charge is 0.148 e. The predicted molar refractivity (Wildman–Crippen MR) is 48.3 cm³/mol. The van der Waals surface area contributed by atoms with Crippen LogP contribution in [0.5, 0.6) is 0 Å². The second-order valence-electron chi connectivity index (χ2n) is 3.86. The first-order valence-corrected chi connectivity index (χ1v) is 4.67. The van der Waals surface area contributed by atoms with Gasteiger partial charge in [-0.1, -0.05) is 5.16 Å². The van der Waals surface area contributed by atoms with Gasteiger partial charge in [-0.25, -0.2) is 0 Å². The third-order valence-electron chi connectivity index (χ3n) is 2.85.